The molecule has 1 aliphatic rings. The maximum Gasteiger partial charge on any atom is 0.305 e. The van der Waals surface area contributed by atoms with E-state index in [0.29, 0.717) is 25.1 Å². The highest BCUT2D eigenvalue weighted by Crippen LogP contribution is 2.23. The summed E-state index contributed by atoms with van der Waals surface area (Å²) in [5.41, 5.74) is 0.000324. The van der Waals surface area contributed by atoms with Gasteiger partial charge in [-0.25, -0.2) is 0 Å². The first-order valence-corrected chi connectivity index (χ1v) is 8.61. The maximum atomic E-state index is 12.5. The molecular weight excluding hydrogens is 336 g/mol. The second kappa shape index (κ2) is 7.86. The minimum atomic E-state index is -0.972. The third kappa shape index (κ3) is 5.29. The molecule has 0 spiro atoms. The molecule has 1 atom stereocenters. The molecule has 26 heavy (non-hydrogen) atoms. The predicted molar refractivity (Wildman–Crippen MR) is 95.6 cm³/mol. The number of carbonyl (C=O) groups is 3. The minimum Gasteiger partial charge on any atom is -0.481 e. The first-order valence-electron chi connectivity index (χ1n) is 8.61. The van der Waals surface area contributed by atoms with Crippen molar-refractivity contribution < 1.29 is 24.2 Å². The summed E-state index contributed by atoms with van der Waals surface area (Å²) < 4.78 is 5.28. The molecule has 1 fully saturated rings. The van der Waals surface area contributed by atoms with E-state index in [0.717, 1.165) is 5.56 Å². The van der Waals surface area contributed by atoms with Crippen LogP contribution in [-0.2, 0) is 20.9 Å². The number of hydrogen-bond donors (Lipinski definition) is 3. The molecule has 1 unspecified atom stereocenters. The van der Waals surface area contributed by atoms with Gasteiger partial charge in [-0.2, -0.15) is 0 Å². The van der Waals surface area contributed by atoms with Crippen molar-refractivity contribution in [2.45, 2.75) is 45.7 Å². The van der Waals surface area contributed by atoms with Crippen LogP contribution in [0.5, 0.6) is 0 Å². The lowest BCUT2D eigenvalue weighted by atomic mass is 9.93. The highest BCUT2D eigenvalue weighted by atomic mass is 16.5. The normalized spacial score (nSPS) is 19.8. The van der Waals surface area contributed by atoms with Gasteiger partial charge < -0.3 is 20.5 Å². The number of rotatable bonds is 6. The van der Waals surface area contributed by atoms with E-state index < -0.39 is 16.9 Å². The van der Waals surface area contributed by atoms with Gasteiger partial charge in [-0.1, -0.05) is 32.9 Å². The van der Waals surface area contributed by atoms with Crippen molar-refractivity contribution in [1.82, 2.24) is 10.6 Å². The van der Waals surface area contributed by atoms with E-state index in [1.165, 1.54) is 0 Å². The Labute approximate surface area is 153 Å². The van der Waals surface area contributed by atoms with Crippen molar-refractivity contribution in [1.29, 1.82) is 0 Å². The molecule has 3 N–H and O–H groups in total. The molecule has 0 bridgehead atoms. The van der Waals surface area contributed by atoms with E-state index >= 15 is 0 Å². The van der Waals surface area contributed by atoms with E-state index in [-0.39, 0.29) is 24.8 Å². The van der Waals surface area contributed by atoms with Gasteiger partial charge in [-0.3, -0.25) is 14.4 Å². The second-order valence-electron chi connectivity index (χ2n) is 7.74. The van der Waals surface area contributed by atoms with Crippen molar-refractivity contribution in [2.24, 2.45) is 5.41 Å². The number of amides is 2. The van der Waals surface area contributed by atoms with Gasteiger partial charge in [0.15, 0.2) is 0 Å². The van der Waals surface area contributed by atoms with E-state index in [9.17, 15) is 14.4 Å². The van der Waals surface area contributed by atoms with Crippen LogP contribution in [-0.4, -0.2) is 41.6 Å². The summed E-state index contributed by atoms with van der Waals surface area (Å²) in [6.45, 7) is 6.54. The second-order valence-corrected chi connectivity index (χ2v) is 7.74. The fourth-order valence-electron chi connectivity index (χ4n) is 2.71. The quantitative estimate of drug-likeness (QED) is 0.715. The van der Waals surface area contributed by atoms with Crippen molar-refractivity contribution in [3.63, 3.8) is 0 Å². The summed E-state index contributed by atoms with van der Waals surface area (Å²) in [6, 6.07) is 6.87. The fraction of sp³-hybridized carbons (Fsp3) is 0.526. The zero-order valence-corrected chi connectivity index (χ0v) is 15.4. The van der Waals surface area contributed by atoms with Crippen molar-refractivity contribution >= 4 is 17.8 Å². The molecule has 1 aliphatic heterocycles. The molecule has 142 valence electrons. The van der Waals surface area contributed by atoms with Crippen molar-refractivity contribution in [2.75, 3.05) is 13.2 Å². The topological polar surface area (TPSA) is 105 Å². The monoisotopic (exact) mass is 362 g/mol. The predicted octanol–water partition coefficient (Wildman–Crippen LogP) is 1.71. The lowest BCUT2D eigenvalue weighted by Gasteiger charge is -2.27. The maximum absolute atomic E-state index is 12.5. The van der Waals surface area contributed by atoms with Gasteiger partial charge in [-0.15, -0.1) is 0 Å². The van der Waals surface area contributed by atoms with Gasteiger partial charge in [0, 0.05) is 24.1 Å². The minimum absolute atomic E-state index is 0.0452. The van der Waals surface area contributed by atoms with Crippen LogP contribution in [0.4, 0.5) is 0 Å². The van der Waals surface area contributed by atoms with Crippen molar-refractivity contribution in [3.8, 4) is 0 Å². The Morgan fingerprint density at radius 1 is 1.19 bits per heavy atom. The Balaban J connectivity index is 1.98. The highest BCUT2D eigenvalue weighted by molar-refractivity contribution is 5.95. The number of benzene rings is 1. The SMILES string of the molecule is CC(C)(C)C(=O)NCc1ccc(C(=O)NC2(CC(=O)O)CCOC2)cc1. The van der Waals surface area contributed by atoms with Crippen LogP contribution in [0, 0.1) is 5.41 Å². The largest absolute Gasteiger partial charge is 0.481 e. The number of carboxylic acids is 1. The van der Waals surface area contributed by atoms with Gasteiger partial charge in [-0.05, 0) is 24.1 Å². The average molecular weight is 362 g/mol. The first kappa shape index (κ1) is 19.9. The number of ether oxygens (including phenoxy) is 1. The third-order valence-corrected chi connectivity index (χ3v) is 4.32. The van der Waals surface area contributed by atoms with Gasteiger partial charge >= 0.3 is 5.97 Å². The Morgan fingerprint density at radius 2 is 1.85 bits per heavy atom. The summed E-state index contributed by atoms with van der Waals surface area (Å²) in [5, 5.41) is 14.7. The van der Waals surface area contributed by atoms with Crippen LogP contribution in [0.2, 0.25) is 0 Å². The molecule has 1 saturated heterocycles. The molecular formula is C19H26N2O5. The number of carboxylic acid groups (broad SMARTS) is 1. The van der Waals surface area contributed by atoms with Gasteiger partial charge in [0.25, 0.3) is 5.91 Å². The molecule has 1 heterocycles. The van der Waals surface area contributed by atoms with E-state index in [4.69, 9.17) is 9.84 Å². The van der Waals surface area contributed by atoms with Crippen LogP contribution >= 0.6 is 0 Å². The molecule has 0 aromatic heterocycles. The van der Waals surface area contributed by atoms with Crippen molar-refractivity contribution in [3.05, 3.63) is 35.4 Å². The Bertz CT molecular complexity index is 670. The summed E-state index contributed by atoms with van der Waals surface area (Å²) >= 11 is 0. The molecule has 2 amide bonds. The smallest absolute Gasteiger partial charge is 0.305 e. The first-order chi connectivity index (χ1) is 12.1. The van der Waals surface area contributed by atoms with E-state index in [2.05, 4.69) is 10.6 Å². The van der Waals surface area contributed by atoms with Crippen LogP contribution in [0.3, 0.4) is 0 Å². The van der Waals surface area contributed by atoms with Crippen LogP contribution in [0.25, 0.3) is 0 Å². The molecule has 7 heteroatoms. The van der Waals surface area contributed by atoms with Crippen LogP contribution in [0.1, 0.15) is 49.5 Å². The lowest BCUT2D eigenvalue weighted by molar-refractivity contribution is -0.138. The third-order valence-electron chi connectivity index (χ3n) is 4.32. The zero-order valence-electron chi connectivity index (χ0n) is 15.4. The number of hydrogen-bond acceptors (Lipinski definition) is 4. The molecule has 7 nitrogen and oxygen atoms in total. The molecule has 0 aliphatic carbocycles. The zero-order chi connectivity index (χ0) is 19.4. The molecule has 2 rings (SSSR count). The van der Waals surface area contributed by atoms with E-state index in [1.807, 2.05) is 20.8 Å². The lowest BCUT2D eigenvalue weighted by Crippen LogP contribution is -2.50. The Morgan fingerprint density at radius 3 is 2.35 bits per heavy atom. The summed E-state index contributed by atoms with van der Waals surface area (Å²) in [5.74, 6) is -1.35. The summed E-state index contributed by atoms with van der Waals surface area (Å²) in [7, 11) is 0. The molecule has 0 radical (unpaired) electrons. The van der Waals surface area contributed by atoms with Crippen LogP contribution in [0.15, 0.2) is 24.3 Å². The molecule has 1 aromatic carbocycles. The number of aliphatic carboxylic acids is 1. The Hall–Kier alpha value is -2.41. The van der Waals surface area contributed by atoms with Gasteiger partial charge in [0.1, 0.15) is 0 Å². The molecule has 1 aromatic rings. The fourth-order valence-corrected chi connectivity index (χ4v) is 2.71. The summed E-state index contributed by atoms with van der Waals surface area (Å²) in [6.07, 6.45) is 0.303. The number of nitrogens with one attached hydrogen (secondary N) is 2. The standard InChI is InChI=1S/C19H26N2O5/c1-18(2,3)17(25)20-11-13-4-6-14(7-5-13)16(24)21-19(10-15(22)23)8-9-26-12-19/h4-7H,8-12H2,1-3H3,(H,20,25)(H,21,24)(H,22,23). The van der Waals surface area contributed by atoms with E-state index in [1.54, 1.807) is 24.3 Å². The van der Waals surface area contributed by atoms with Crippen LogP contribution < -0.4 is 10.6 Å². The van der Waals surface area contributed by atoms with Gasteiger partial charge in [0.05, 0.1) is 18.6 Å². The highest BCUT2D eigenvalue weighted by Gasteiger charge is 2.38. The Kier molecular flexibility index (Phi) is 6.02. The number of carbonyl (C=O) groups excluding carboxylic acids is 2. The average Bonchev–Trinajstić information content (AvgIpc) is 2.99. The molecule has 0 saturated carbocycles. The summed E-state index contributed by atoms with van der Waals surface area (Å²) in [4.78, 5) is 35.4. The van der Waals surface area contributed by atoms with Gasteiger partial charge in [0.2, 0.25) is 5.91 Å².